The molecule has 1 aliphatic carbocycles. The molecule has 0 aromatic rings. The largest absolute Gasteiger partial charge is 0.481 e. The minimum absolute atomic E-state index is 0.0891. The number of hydrogen-bond acceptors (Lipinski definition) is 3. The van der Waals surface area contributed by atoms with E-state index < -0.39 is 17.8 Å². The lowest BCUT2D eigenvalue weighted by molar-refractivity contribution is -0.162. The van der Waals surface area contributed by atoms with Gasteiger partial charge in [0.05, 0.1) is 11.8 Å². The molecule has 1 N–H and O–H groups in total. The van der Waals surface area contributed by atoms with Crippen LogP contribution in [0.3, 0.4) is 0 Å². The molecule has 1 aliphatic rings. The number of rotatable bonds is 14. The first-order valence-corrected chi connectivity index (χ1v) is 11.4. The van der Waals surface area contributed by atoms with Crippen LogP contribution in [-0.4, -0.2) is 23.1 Å². The van der Waals surface area contributed by atoms with Crippen molar-refractivity contribution in [2.24, 2.45) is 23.7 Å². The van der Waals surface area contributed by atoms with Gasteiger partial charge in [0.25, 0.3) is 0 Å². The highest BCUT2D eigenvalue weighted by Crippen LogP contribution is 2.28. The van der Waals surface area contributed by atoms with Gasteiger partial charge in [-0.2, -0.15) is 0 Å². The van der Waals surface area contributed by atoms with Gasteiger partial charge in [0.2, 0.25) is 0 Å². The highest BCUT2D eigenvalue weighted by molar-refractivity contribution is 5.81. The van der Waals surface area contributed by atoms with Crippen LogP contribution in [0.1, 0.15) is 98.3 Å². The van der Waals surface area contributed by atoms with E-state index in [0.29, 0.717) is 18.8 Å². The number of carboxylic acid groups (broad SMARTS) is 1. The average molecular weight is 395 g/mol. The average Bonchev–Trinajstić information content (AvgIpc) is 2.62. The Hall–Kier alpha value is -1.32. The zero-order chi connectivity index (χ0) is 20.9. The van der Waals surface area contributed by atoms with Crippen molar-refractivity contribution < 1.29 is 19.4 Å². The van der Waals surface area contributed by atoms with Crippen LogP contribution in [0.5, 0.6) is 0 Å². The van der Waals surface area contributed by atoms with E-state index in [1.807, 2.05) is 12.2 Å². The lowest BCUT2D eigenvalue weighted by Crippen LogP contribution is -2.34. The van der Waals surface area contributed by atoms with Crippen molar-refractivity contribution in [2.75, 3.05) is 0 Å². The third-order valence-electron chi connectivity index (χ3n) is 5.63. The summed E-state index contributed by atoms with van der Waals surface area (Å²) in [5, 5.41) is 9.39. The Kier molecular flexibility index (Phi) is 12.2. The first-order valence-electron chi connectivity index (χ1n) is 11.4. The van der Waals surface area contributed by atoms with Gasteiger partial charge in [-0.25, -0.2) is 0 Å². The van der Waals surface area contributed by atoms with Gasteiger partial charge < -0.3 is 9.84 Å². The number of allylic oxidation sites excluding steroid dienone is 2. The molecule has 0 spiro atoms. The zero-order valence-corrected chi connectivity index (χ0v) is 18.5. The van der Waals surface area contributed by atoms with Gasteiger partial charge in [-0.05, 0) is 43.9 Å². The topological polar surface area (TPSA) is 63.6 Å². The molecule has 3 atom stereocenters. The van der Waals surface area contributed by atoms with Crippen LogP contribution >= 0.6 is 0 Å². The number of aliphatic carboxylic acids is 1. The summed E-state index contributed by atoms with van der Waals surface area (Å²) in [6.45, 7) is 8.83. The molecule has 0 saturated carbocycles. The summed E-state index contributed by atoms with van der Waals surface area (Å²) in [6.07, 6.45) is 15.0. The number of ether oxygens (including phenoxy) is 1. The number of hydrogen-bond donors (Lipinski definition) is 1. The summed E-state index contributed by atoms with van der Waals surface area (Å²) >= 11 is 0. The van der Waals surface area contributed by atoms with E-state index >= 15 is 0 Å². The number of carboxylic acids is 1. The predicted octanol–water partition coefficient (Wildman–Crippen LogP) is 6.39. The molecule has 4 nitrogen and oxygen atoms in total. The molecule has 0 fully saturated rings. The number of unbranched alkanes of at least 4 members (excludes halogenated alkanes) is 5. The van der Waals surface area contributed by atoms with Crippen LogP contribution in [0, 0.1) is 23.7 Å². The molecular weight excluding hydrogens is 352 g/mol. The summed E-state index contributed by atoms with van der Waals surface area (Å²) in [5.41, 5.74) is 0. The van der Waals surface area contributed by atoms with Gasteiger partial charge in [0, 0.05) is 0 Å². The Balaban J connectivity index is 2.38. The standard InChI is InChI=1S/C24H42O4/c1-18(2)13-9-7-5-6-8-10-14-20(17-19(3)4)28-24(27)22-16-12-11-15-21(22)23(25)26/h11-12,18-22H,5-10,13-17H2,1-4H3,(H,25,26). The fourth-order valence-corrected chi connectivity index (χ4v) is 3.98. The van der Waals surface area contributed by atoms with E-state index in [0.717, 1.165) is 25.2 Å². The molecule has 4 heteroatoms. The first kappa shape index (κ1) is 24.7. The van der Waals surface area contributed by atoms with Crippen molar-refractivity contribution in [2.45, 2.75) is 104 Å². The Bertz CT molecular complexity index is 481. The Morgan fingerprint density at radius 3 is 1.93 bits per heavy atom. The van der Waals surface area contributed by atoms with Crippen LogP contribution in [-0.2, 0) is 14.3 Å². The number of carbonyl (C=O) groups excluding carboxylic acids is 1. The maximum Gasteiger partial charge on any atom is 0.310 e. The molecule has 1 rings (SSSR count). The minimum Gasteiger partial charge on any atom is -0.481 e. The summed E-state index contributed by atoms with van der Waals surface area (Å²) in [6, 6.07) is 0. The minimum atomic E-state index is -0.899. The molecule has 0 aromatic carbocycles. The SMILES string of the molecule is CC(C)CCCCCCCCC(CC(C)C)OC(=O)C1CC=CCC1C(=O)O. The van der Waals surface area contributed by atoms with E-state index in [-0.39, 0.29) is 12.1 Å². The zero-order valence-electron chi connectivity index (χ0n) is 18.5. The molecule has 0 amide bonds. The fraction of sp³-hybridized carbons (Fsp3) is 0.833. The monoisotopic (exact) mass is 394 g/mol. The molecule has 0 radical (unpaired) electrons. The normalized spacial score (nSPS) is 20.5. The number of esters is 1. The van der Waals surface area contributed by atoms with E-state index in [2.05, 4.69) is 27.7 Å². The lowest BCUT2D eigenvalue weighted by atomic mass is 9.83. The van der Waals surface area contributed by atoms with Gasteiger partial charge in [-0.3, -0.25) is 9.59 Å². The molecule has 0 aliphatic heterocycles. The van der Waals surface area contributed by atoms with Crippen molar-refractivity contribution in [3.63, 3.8) is 0 Å². The van der Waals surface area contributed by atoms with Crippen molar-refractivity contribution in [1.82, 2.24) is 0 Å². The van der Waals surface area contributed by atoms with E-state index in [1.165, 1.54) is 38.5 Å². The second kappa shape index (κ2) is 13.8. The van der Waals surface area contributed by atoms with Crippen molar-refractivity contribution in [1.29, 1.82) is 0 Å². The van der Waals surface area contributed by atoms with Crippen molar-refractivity contribution in [3.05, 3.63) is 12.2 Å². The number of carbonyl (C=O) groups is 2. The molecule has 0 heterocycles. The second-order valence-electron chi connectivity index (χ2n) is 9.27. The summed E-state index contributed by atoms with van der Waals surface area (Å²) in [5.74, 6) is -1.16. The fourth-order valence-electron chi connectivity index (χ4n) is 3.98. The van der Waals surface area contributed by atoms with Gasteiger partial charge in [0.15, 0.2) is 0 Å². The van der Waals surface area contributed by atoms with Crippen LogP contribution in [0.15, 0.2) is 12.2 Å². The first-order chi connectivity index (χ1) is 13.3. The Morgan fingerprint density at radius 1 is 0.857 bits per heavy atom. The van der Waals surface area contributed by atoms with Crippen molar-refractivity contribution >= 4 is 11.9 Å². The molecule has 0 bridgehead atoms. The van der Waals surface area contributed by atoms with Crippen molar-refractivity contribution in [3.8, 4) is 0 Å². The third-order valence-corrected chi connectivity index (χ3v) is 5.63. The van der Waals surface area contributed by atoms with E-state index in [9.17, 15) is 14.7 Å². The van der Waals surface area contributed by atoms with Crippen LogP contribution in [0.25, 0.3) is 0 Å². The molecular formula is C24H42O4. The third kappa shape index (κ3) is 10.3. The summed E-state index contributed by atoms with van der Waals surface area (Å²) in [4.78, 5) is 24.1. The van der Waals surface area contributed by atoms with Crippen LogP contribution < -0.4 is 0 Å². The molecule has 0 aromatic heterocycles. The second-order valence-corrected chi connectivity index (χ2v) is 9.27. The van der Waals surface area contributed by atoms with Gasteiger partial charge in [0.1, 0.15) is 6.10 Å². The molecule has 28 heavy (non-hydrogen) atoms. The highest BCUT2D eigenvalue weighted by Gasteiger charge is 2.36. The van der Waals surface area contributed by atoms with E-state index in [4.69, 9.17) is 4.74 Å². The molecule has 3 unspecified atom stereocenters. The predicted molar refractivity (Wildman–Crippen MR) is 114 cm³/mol. The summed E-state index contributed by atoms with van der Waals surface area (Å²) < 4.78 is 5.82. The molecule has 0 saturated heterocycles. The maximum absolute atomic E-state index is 12.6. The van der Waals surface area contributed by atoms with E-state index in [1.54, 1.807) is 0 Å². The van der Waals surface area contributed by atoms with Crippen LogP contribution in [0.2, 0.25) is 0 Å². The quantitative estimate of drug-likeness (QED) is 0.211. The lowest BCUT2D eigenvalue weighted by Gasteiger charge is -2.27. The van der Waals surface area contributed by atoms with Gasteiger partial charge in [-0.15, -0.1) is 0 Å². The Labute approximate surface area is 172 Å². The summed E-state index contributed by atoms with van der Waals surface area (Å²) in [7, 11) is 0. The highest BCUT2D eigenvalue weighted by atomic mass is 16.5. The van der Waals surface area contributed by atoms with Crippen LogP contribution in [0.4, 0.5) is 0 Å². The maximum atomic E-state index is 12.6. The molecule has 162 valence electrons. The van der Waals surface area contributed by atoms with Gasteiger partial charge in [-0.1, -0.05) is 78.4 Å². The smallest absolute Gasteiger partial charge is 0.310 e. The van der Waals surface area contributed by atoms with Gasteiger partial charge >= 0.3 is 11.9 Å². The Morgan fingerprint density at radius 2 is 1.39 bits per heavy atom.